The van der Waals surface area contributed by atoms with Gasteiger partial charge in [-0.2, -0.15) is 5.10 Å². The maximum atomic E-state index is 11.5. The topological polar surface area (TPSA) is 84.1 Å². The van der Waals surface area contributed by atoms with Crippen LogP contribution in [-0.2, 0) is 6.54 Å². The number of aromatic carboxylic acids is 1. The van der Waals surface area contributed by atoms with Crippen molar-refractivity contribution in [2.75, 3.05) is 26.9 Å². The number of aromatic nitrogens is 4. The molecule has 0 aliphatic rings. The summed E-state index contributed by atoms with van der Waals surface area (Å²) in [5.41, 5.74) is 1.55. The molecule has 1 aromatic carbocycles. The molecule has 3 rings (SSSR count). The Balaban J connectivity index is 2.30. The summed E-state index contributed by atoms with van der Waals surface area (Å²) < 4.78 is 1.73. The molecule has 0 saturated carbocycles. The number of rotatable bonds is 5. The van der Waals surface area contributed by atoms with Crippen molar-refractivity contribution in [2.45, 2.75) is 11.7 Å². The number of carboxylic acids is 1. The average molecular weight is 331 g/mol. The Morgan fingerprint density at radius 2 is 2.17 bits per heavy atom. The quantitative estimate of drug-likeness (QED) is 0.565. The molecule has 120 valence electrons. The van der Waals surface area contributed by atoms with Crippen LogP contribution < -0.4 is 0 Å². The van der Waals surface area contributed by atoms with Crippen LogP contribution in [0.15, 0.2) is 23.5 Å². The number of carbonyl (C=O) groups is 1. The van der Waals surface area contributed by atoms with Gasteiger partial charge < -0.3 is 10.0 Å². The Labute approximate surface area is 137 Å². The molecule has 0 amide bonds. The van der Waals surface area contributed by atoms with Gasteiger partial charge in [-0.05, 0) is 26.4 Å². The second-order valence-electron chi connectivity index (χ2n) is 5.44. The number of carboxylic acid groups (broad SMARTS) is 1. The fraction of sp³-hybridized carbons (Fsp3) is 0.333. The largest absolute Gasteiger partial charge is 0.476 e. The molecule has 7 nitrogen and oxygen atoms in total. The number of likely N-dealkylation sites (N-methyl/N-ethyl adjacent to an activating group) is 1. The van der Waals surface area contributed by atoms with Crippen LogP contribution >= 0.6 is 11.8 Å². The predicted molar refractivity (Wildman–Crippen MR) is 90.1 cm³/mol. The molecule has 8 heteroatoms. The van der Waals surface area contributed by atoms with Crippen LogP contribution in [-0.4, -0.2) is 62.6 Å². The number of nitrogens with zero attached hydrogens (tertiary/aromatic N) is 5. The normalized spacial score (nSPS) is 11.7. The molecule has 23 heavy (non-hydrogen) atoms. The monoisotopic (exact) mass is 331 g/mol. The van der Waals surface area contributed by atoms with Crippen molar-refractivity contribution < 1.29 is 9.90 Å². The van der Waals surface area contributed by atoms with Gasteiger partial charge in [0.15, 0.2) is 10.9 Å². The second-order valence-corrected chi connectivity index (χ2v) is 6.21. The standard InChI is InChI=1S/C15H17N5O2S/c1-19(2)6-7-20-13-10(12(18-20)14(21)22)5-4-9-8-16-15(23-3)17-11(9)13/h4-5,8H,6-7H2,1-3H3,(H,21,22). The van der Waals surface area contributed by atoms with Crippen molar-refractivity contribution in [3.63, 3.8) is 0 Å². The lowest BCUT2D eigenvalue weighted by Gasteiger charge is -2.10. The van der Waals surface area contributed by atoms with Crippen LogP contribution in [0.2, 0.25) is 0 Å². The smallest absolute Gasteiger partial charge is 0.357 e. The van der Waals surface area contributed by atoms with E-state index in [1.54, 1.807) is 16.9 Å². The first kappa shape index (κ1) is 15.7. The Morgan fingerprint density at radius 3 is 2.83 bits per heavy atom. The summed E-state index contributed by atoms with van der Waals surface area (Å²) in [4.78, 5) is 22.4. The maximum Gasteiger partial charge on any atom is 0.357 e. The average Bonchev–Trinajstić information content (AvgIpc) is 2.91. The van der Waals surface area contributed by atoms with Gasteiger partial charge >= 0.3 is 5.97 Å². The Bertz CT molecular complexity index is 890. The number of benzene rings is 1. The lowest BCUT2D eigenvalue weighted by molar-refractivity contribution is 0.0691. The zero-order valence-electron chi connectivity index (χ0n) is 13.1. The van der Waals surface area contributed by atoms with Crippen molar-refractivity contribution in [1.29, 1.82) is 0 Å². The molecule has 0 spiro atoms. The zero-order chi connectivity index (χ0) is 16.6. The highest BCUT2D eigenvalue weighted by molar-refractivity contribution is 7.98. The molecule has 0 radical (unpaired) electrons. The van der Waals surface area contributed by atoms with Crippen LogP contribution in [0, 0.1) is 0 Å². The molecule has 3 aromatic rings. The van der Waals surface area contributed by atoms with E-state index in [0.717, 1.165) is 23.0 Å². The number of fused-ring (bicyclic) bond motifs is 3. The van der Waals surface area contributed by atoms with Gasteiger partial charge in [0, 0.05) is 23.5 Å². The SMILES string of the molecule is CSc1ncc2ccc3c(C(=O)O)nn(CCN(C)C)c3c2n1. The lowest BCUT2D eigenvalue weighted by Crippen LogP contribution is -2.19. The summed E-state index contributed by atoms with van der Waals surface area (Å²) in [6, 6.07) is 3.62. The lowest BCUT2D eigenvalue weighted by atomic mass is 10.1. The highest BCUT2D eigenvalue weighted by atomic mass is 32.2. The highest BCUT2D eigenvalue weighted by Crippen LogP contribution is 2.27. The minimum atomic E-state index is -1.03. The van der Waals surface area contributed by atoms with Gasteiger partial charge in [-0.1, -0.05) is 17.8 Å². The van der Waals surface area contributed by atoms with Gasteiger partial charge in [0.05, 0.1) is 12.1 Å². The molecule has 1 N–H and O–H groups in total. The molecule has 2 heterocycles. The molecule has 0 fully saturated rings. The van der Waals surface area contributed by atoms with Crippen LogP contribution in [0.5, 0.6) is 0 Å². The molecule has 0 bridgehead atoms. The molecule has 0 aliphatic heterocycles. The van der Waals surface area contributed by atoms with E-state index in [4.69, 9.17) is 0 Å². The molecule has 0 saturated heterocycles. The van der Waals surface area contributed by atoms with Crippen LogP contribution in [0.1, 0.15) is 10.5 Å². The molecule has 0 atom stereocenters. The van der Waals surface area contributed by atoms with Gasteiger partial charge in [0.1, 0.15) is 5.52 Å². The maximum absolute atomic E-state index is 11.5. The van der Waals surface area contributed by atoms with Gasteiger partial charge in [-0.15, -0.1) is 0 Å². The fourth-order valence-electron chi connectivity index (χ4n) is 2.46. The van der Waals surface area contributed by atoms with E-state index < -0.39 is 5.97 Å². The molecule has 2 aromatic heterocycles. The Hall–Kier alpha value is -2.19. The fourth-order valence-corrected chi connectivity index (χ4v) is 2.80. The third-order valence-electron chi connectivity index (χ3n) is 3.58. The van der Waals surface area contributed by atoms with Crippen LogP contribution in [0.25, 0.3) is 21.8 Å². The second kappa shape index (κ2) is 6.13. The summed E-state index contributed by atoms with van der Waals surface area (Å²) in [7, 11) is 3.94. The Morgan fingerprint density at radius 1 is 1.39 bits per heavy atom. The molecule has 0 unspecified atom stereocenters. The van der Waals surface area contributed by atoms with Crippen molar-refractivity contribution in [1.82, 2.24) is 24.6 Å². The van der Waals surface area contributed by atoms with Crippen LogP contribution in [0.4, 0.5) is 0 Å². The molecule has 0 aliphatic carbocycles. The number of hydrogen-bond acceptors (Lipinski definition) is 6. The first-order valence-corrected chi connectivity index (χ1v) is 8.32. The summed E-state index contributed by atoms with van der Waals surface area (Å²) in [6.07, 6.45) is 3.67. The molecular weight excluding hydrogens is 314 g/mol. The van der Waals surface area contributed by atoms with Crippen LogP contribution in [0.3, 0.4) is 0 Å². The Kier molecular flexibility index (Phi) is 4.18. The van der Waals surface area contributed by atoms with Crippen molar-refractivity contribution in [3.8, 4) is 0 Å². The van der Waals surface area contributed by atoms with Gasteiger partial charge in [0.2, 0.25) is 0 Å². The minimum Gasteiger partial charge on any atom is -0.476 e. The van der Waals surface area contributed by atoms with E-state index in [2.05, 4.69) is 15.1 Å². The van der Waals surface area contributed by atoms with E-state index in [0.29, 0.717) is 17.1 Å². The summed E-state index contributed by atoms with van der Waals surface area (Å²) in [6.45, 7) is 1.35. The first-order valence-electron chi connectivity index (χ1n) is 7.09. The third-order valence-corrected chi connectivity index (χ3v) is 4.14. The summed E-state index contributed by atoms with van der Waals surface area (Å²) in [5, 5.41) is 15.8. The molecular formula is C15H17N5O2S. The van der Waals surface area contributed by atoms with E-state index >= 15 is 0 Å². The van der Waals surface area contributed by atoms with E-state index in [1.807, 2.05) is 31.3 Å². The zero-order valence-corrected chi connectivity index (χ0v) is 14.0. The predicted octanol–water partition coefficient (Wildman–Crippen LogP) is 1.96. The van der Waals surface area contributed by atoms with Gasteiger partial charge in [-0.3, -0.25) is 4.68 Å². The third kappa shape index (κ3) is 2.87. The van der Waals surface area contributed by atoms with E-state index in [1.165, 1.54) is 11.8 Å². The van der Waals surface area contributed by atoms with Crippen molar-refractivity contribution in [3.05, 3.63) is 24.0 Å². The number of thioether (sulfide) groups is 1. The minimum absolute atomic E-state index is 0.0602. The van der Waals surface area contributed by atoms with E-state index in [-0.39, 0.29) is 5.69 Å². The highest BCUT2D eigenvalue weighted by Gasteiger charge is 2.19. The van der Waals surface area contributed by atoms with Gasteiger partial charge in [-0.25, -0.2) is 14.8 Å². The summed E-state index contributed by atoms with van der Waals surface area (Å²) in [5.74, 6) is -1.03. The van der Waals surface area contributed by atoms with Crippen molar-refractivity contribution >= 4 is 39.5 Å². The first-order chi connectivity index (χ1) is 11.0. The van der Waals surface area contributed by atoms with Crippen molar-refractivity contribution in [2.24, 2.45) is 0 Å². The summed E-state index contributed by atoms with van der Waals surface area (Å²) >= 11 is 1.45. The number of hydrogen-bond donors (Lipinski definition) is 1. The van der Waals surface area contributed by atoms with E-state index in [9.17, 15) is 9.90 Å². The van der Waals surface area contributed by atoms with Gasteiger partial charge in [0.25, 0.3) is 0 Å².